The fraction of sp³-hybridized carbons (Fsp3) is 0.231. The minimum Gasteiger partial charge on any atom is -0.454 e. The van der Waals surface area contributed by atoms with Crippen molar-refractivity contribution in [3.63, 3.8) is 0 Å². The van der Waals surface area contributed by atoms with E-state index in [9.17, 15) is 4.79 Å². The highest BCUT2D eigenvalue weighted by molar-refractivity contribution is 5.87. The molecule has 0 bridgehead atoms. The summed E-state index contributed by atoms with van der Waals surface area (Å²) >= 11 is 0. The van der Waals surface area contributed by atoms with Gasteiger partial charge in [-0.05, 0) is 24.6 Å². The van der Waals surface area contributed by atoms with Crippen LogP contribution in [0.1, 0.15) is 15.9 Å². The van der Waals surface area contributed by atoms with Crippen molar-refractivity contribution in [3.8, 4) is 22.8 Å². The molecule has 5 heteroatoms. The zero-order valence-electron chi connectivity index (χ0n) is 10.1. The van der Waals surface area contributed by atoms with Gasteiger partial charge >= 0.3 is 0 Å². The summed E-state index contributed by atoms with van der Waals surface area (Å²) in [7, 11) is 1.81. The molecular formula is C13H12N2O3. The van der Waals surface area contributed by atoms with E-state index in [0.717, 1.165) is 28.9 Å². The second-order valence-electron chi connectivity index (χ2n) is 4.21. The molecule has 0 aliphatic carbocycles. The van der Waals surface area contributed by atoms with E-state index in [0.29, 0.717) is 11.3 Å². The summed E-state index contributed by atoms with van der Waals surface area (Å²) in [5.74, 6) is 1.44. The zero-order valence-corrected chi connectivity index (χ0v) is 10.1. The molecule has 0 saturated carbocycles. The van der Waals surface area contributed by atoms with Crippen molar-refractivity contribution in [2.75, 3.05) is 6.79 Å². The molecule has 0 saturated heterocycles. The Balaban J connectivity index is 2.23. The van der Waals surface area contributed by atoms with Crippen LogP contribution >= 0.6 is 0 Å². The van der Waals surface area contributed by atoms with Gasteiger partial charge in [0.15, 0.2) is 17.8 Å². The van der Waals surface area contributed by atoms with Crippen LogP contribution in [0.5, 0.6) is 11.5 Å². The minimum absolute atomic E-state index is 0.240. The van der Waals surface area contributed by atoms with Gasteiger partial charge in [0.05, 0.1) is 17.5 Å². The molecule has 1 aliphatic rings. The number of hydrogen-bond acceptors (Lipinski definition) is 4. The van der Waals surface area contributed by atoms with Crippen LogP contribution in [0.15, 0.2) is 18.3 Å². The van der Waals surface area contributed by atoms with Crippen LogP contribution < -0.4 is 9.47 Å². The number of ether oxygens (including phenoxy) is 2. The first-order valence-corrected chi connectivity index (χ1v) is 5.58. The molecule has 5 nitrogen and oxygen atoms in total. The van der Waals surface area contributed by atoms with Crippen molar-refractivity contribution in [3.05, 3.63) is 29.5 Å². The highest BCUT2D eigenvalue weighted by atomic mass is 16.7. The number of hydrogen-bond donors (Lipinski definition) is 0. The van der Waals surface area contributed by atoms with Crippen molar-refractivity contribution in [1.29, 1.82) is 0 Å². The highest BCUT2D eigenvalue weighted by Crippen LogP contribution is 2.38. The number of aromatic nitrogens is 2. The molecule has 1 aliphatic heterocycles. The Morgan fingerprint density at radius 1 is 1.33 bits per heavy atom. The number of aryl methyl sites for hydroxylation is 2. The Morgan fingerprint density at radius 2 is 2.06 bits per heavy atom. The van der Waals surface area contributed by atoms with Gasteiger partial charge in [0.25, 0.3) is 0 Å². The molecule has 2 heterocycles. The Hall–Kier alpha value is -2.30. The average molecular weight is 244 g/mol. The van der Waals surface area contributed by atoms with Gasteiger partial charge in [0.2, 0.25) is 6.79 Å². The van der Waals surface area contributed by atoms with Crippen molar-refractivity contribution in [2.24, 2.45) is 7.05 Å². The first-order chi connectivity index (χ1) is 8.70. The van der Waals surface area contributed by atoms with Crippen molar-refractivity contribution in [1.82, 2.24) is 9.78 Å². The number of fused-ring (bicyclic) bond motifs is 1. The molecule has 92 valence electrons. The SMILES string of the molecule is Cc1cc2c(cc1-c1c(C=O)cnn1C)OCO2. The summed E-state index contributed by atoms with van der Waals surface area (Å²) in [6.07, 6.45) is 2.37. The van der Waals surface area contributed by atoms with Crippen molar-refractivity contribution < 1.29 is 14.3 Å². The van der Waals surface area contributed by atoms with E-state index in [2.05, 4.69) is 5.10 Å². The smallest absolute Gasteiger partial charge is 0.231 e. The predicted octanol–water partition coefficient (Wildman–Crippen LogP) is 1.94. The van der Waals surface area contributed by atoms with Gasteiger partial charge in [0, 0.05) is 12.6 Å². The van der Waals surface area contributed by atoms with E-state index in [1.807, 2.05) is 26.1 Å². The summed E-state index contributed by atoms with van der Waals surface area (Å²) in [4.78, 5) is 11.0. The van der Waals surface area contributed by atoms with Gasteiger partial charge in [-0.3, -0.25) is 9.48 Å². The van der Waals surface area contributed by atoms with E-state index in [4.69, 9.17) is 9.47 Å². The van der Waals surface area contributed by atoms with Crippen LogP contribution in [0.2, 0.25) is 0 Å². The second kappa shape index (κ2) is 3.87. The molecule has 0 N–H and O–H groups in total. The predicted molar refractivity (Wildman–Crippen MR) is 64.9 cm³/mol. The molecule has 1 aromatic heterocycles. The van der Waals surface area contributed by atoms with Gasteiger partial charge in [-0.25, -0.2) is 0 Å². The largest absolute Gasteiger partial charge is 0.454 e. The standard InChI is InChI=1S/C13H12N2O3/c1-8-3-11-12(18-7-17-11)4-10(8)13-9(6-16)5-14-15(13)2/h3-6H,7H2,1-2H3. The number of benzene rings is 1. The molecule has 0 amide bonds. The molecule has 2 aromatic rings. The zero-order chi connectivity index (χ0) is 12.7. The van der Waals surface area contributed by atoms with Crippen molar-refractivity contribution in [2.45, 2.75) is 6.92 Å². The quantitative estimate of drug-likeness (QED) is 0.757. The van der Waals surface area contributed by atoms with E-state index in [1.54, 1.807) is 10.9 Å². The fourth-order valence-corrected chi connectivity index (χ4v) is 2.17. The molecule has 0 unspecified atom stereocenters. The molecule has 0 spiro atoms. The van der Waals surface area contributed by atoms with E-state index < -0.39 is 0 Å². The van der Waals surface area contributed by atoms with Crippen LogP contribution in [0.3, 0.4) is 0 Å². The van der Waals surface area contributed by atoms with Crippen LogP contribution in [0.4, 0.5) is 0 Å². The van der Waals surface area contributed by atoms with Gasteiger partial charge in [-0.15, -0.1) is 0 Å². The number of carbonyl (C=O) groups is 1. The van der Waals surface area contributed by atoms with E-state index in [1.165, 1.54) is 0 Å². The lowest BCUT2D eigenvalue weighted by Crippen LogP contribution is -1.97. The molecule has 0 radical (unpaired) electrons. The Kier molecular flexibility index (Phi) is 2.33. The monoisotopic (exact) mass is 244 g/mol. The summed E-state index contributed by atoms with van der Waals surface area (Å²) < 4.78 is 12.4. The normalized spacial score (nSPS) is 12.8. The molecule has 3 rings (SSSR count). The number of carbonyl (C=O) groups excluding carboxylic acids is 1. The maximum absolute atomic E-state index is 11.0. The molecule has 18 heavy (non-hydrogen) atoms. The number of nitrogens with zero attached hydrogens (tertiary/aromatic N) is 2. The second-order valence-corrected chi connectivity index (χ2v) is 4.21. The molecule has 0 fully saturated rings. The lowest BCUT2D eigenvalue weighted by Gasteiger charge is -2.09. The fourth-order valence-electron chi connectivity index (χ4n) is 2.17. The van der Waals surface area contributed by atoms with E-state index in [-0.39, 0.29) is 6.79 Å². The number of aldehydes is 1. The Morgan fingerprint density at radius 3 is 2.78 bits per heavy atom. The van der Waals surface area contributed by atoms with Crippen molar-refractivity contribution >= 4 is 6.29 Å². The Bertz CT molecular complexity index is 631. The van der Waals surface area contributed by atoms with Gasteiger partial charge in [-0.2, -0.15) is 5.10 Å². The summed E-state index contributed by atoms with van der Waals surface area (Å²) in [6.45, 7) is 2.21. The number of rotatable bonds is 2. The lowest BCUT2D eigenvalue weighted by atomic mass is 10.0. The first kappa shape index (κ1) is 10.8. The molecular weight excluding hydrogens is 232 g/mol. The van der Waals surface area contributed by atoms with Crippen LogP contribution in [-0.2, 0) is 7.05 Å². The highest BCUT2D eigenvalue weighted by Gasteiger charge is 2.19. The van der Waals surface area contributed by atoms with Crippen LogP contribution in [0.25, 0.3) is 11.3 Å². The first-order valence-electron chi connectivity index (χ1n) is 5.58. The lowest BCUT2D eigenvalue weighted by molar-refractivity contribution is 0.112. The Labute approximate surface area is 104 Å². The van der Waals surface area contributed by atoms with Crippen LogP contribution in [-0.4, -0.2) is 22.9 Å². The van der Waals surface area contributed by atoms with Crippen LogP contribution in [0, 0.1) is 6.92 Å². The average Bonchev–Trinajstić information content (AvgIpc) is 2.94. The third kappa shape index (κ3) is 1.48. The topological polar surface area (TPSA) is 53.4 Å². The third-order valence-electron chi connectivity index (χ3n) is 3.07. The summed E-state index contributed by atoms with van der Waals surface area (Å²) in [6, 6.07) is 3.81. The summed E-state index contributed by atoms with van der Waals surface area (Å²) in [5, 5.41) is 4.11. The van der Waals surface area contributed by atoms with Gasteiger partial charge in [-0.1, -0.05) is 0 Å². The third-order valence-corrected chi connectivity index (χ3v) is 3.07. The molecule has 1 aromatic carbocycles. The maximum atomic E-state index is 11.0. The maximum Gasteiger partial charge on any atom is 0.231 e. The van der Waals surface area contributed by atoms with Gasteiger partial charge in [0.1, 0.15) is 0 Å². The van der Waals surface area contributed by atoms with Gasteiger partial charge < -0.3 is 9.47 Å². The minimum atomic E-state index is 0.240. The summed E-state index contributed by atoms with van der Waals surface area (Å²) in [5.41, 5.74) is 3.31. The molecule has 0 atom stereocenters. The van der Waals surface area contributed by atoms with E-state index >= 15 is 0 Å².